The molecule has 0 aliphatic carbocycles. The molecular formula is C42H44F2N4O6. The van der Waals surface area contributed by atoms with E-state index in [0.29, 0.717) is 24.3 Å². The first-order chi connectivity index (χ1) is 25.7. The highest BCUT2D eigenvalue weighted by atomic mass is 19.1. The summed E-state index contributed by atoms with van der Waals surface area (Å²) in [6.45, 7) is 2.87. The van der Waals surface area contributed by atoms with E-state index in [2.05, 4.69) is 21.9 Å². The molecule has 2 aliphatic rings. The van der Waals surface area contributed by atoms with E-state index >= 15 is 0 Å². The van der Waals surface area contributed by atoms with Crippen molar-refractivity contribution in [2.45, 2.75) is 50.1 Å². The highest BCUT2D eigenvalue weighted by Crippen LogP contribution is 2.47. The summed E-state index contributed by atoms with van der Waals surface area (Å²) in [6, 6.07) is 28.9. The number of nitriles is 2. The first-order valence-corrected chi connectivity index (χ1v) is 17.4. The van der Waals surface area contributed by atoms with Crippen molar-refractivity contribution < 1.29 is 38.1 Å². The third kappa shape index (κ3) is 9.92. The summed E-state index contributed by atoms with van der Waals surface area (Å²) < 4.78 is 39.3. The Balaban J connectivity index is 0.000000209. The molecule has 0 spiro atoms. The molecule has 0 bridgehead atoms. The summed E-state index contributed by atoms with van der Waals surface area (Å²) in [4.78, 5) is 22.5. The zero-order valence-corrected chi connectivity index (χ0v) is 30.8. The number of hydrogen-bond acceptors (Lipinski definition) is 8. The molecule has 0 fully saturated rings. The Morgan fingerprint density at radius 1 is 0.648 bits per heavy atom. The van der Waals surface area contributed by atoms with Gasteiger partial charge in [0.05, 0.1) is 36.5 Å². The molecule has 2 atom stereocenters. The molecule has 0 saturated carbocycles. The molecule has 0 aromatic heterocycles. The highest BCUT2D eigenvalue weighted by molar-refractivity contribution is 6.27. The predicted molar refractivity (Wildman–Crippen MR) is 197 cm³/mol. The van der Waals surface area contributed by atoms with E-state index in [1.807, 2.05) is 64.6 Å². The van der Waals surface area contributed by atoms with Gasteiger partial charge in [-0.15, -0.1) is 0 Å². The normalized spacial score (nSPS) is 18.0. The third-order valence-corrected chi connectivity index (χ3v) is 9.36. The average molecular weight is 739 g/mol. The minimum Gasteiger partial charge on any atom is -0.473 e. The van der Waals surface area contributed by atoms with Crippen LogP contribution in [0.2, 0.25) is 0 Å². The van der Waals surface area contributed by atoms with Crippen LogP contribution in [0.15, 0.2) is 84.9 Å². The second kappa shape index (κ2) is 18.5. The molecule has 4 aromatic rings. The minimum absolute atomic E-state index is 0.250. The van der Waals surface area contributed by atoms with Crippen molar-refractivity contribution in [1.82, 2.24) is 9.80 Å². The molecule has 12 heteroatoms. The SMILES string of the molecule is CN(C)CCCC1(c2ccc(F)cc2)OCc2cc(C#N)ccc21.CN(C)CCCC1(c2ccc(F)cc2)OCc2cc(C#N)ccc21.O=C(O)C(=O)O. The van der Waals surface area contributed by atoms with Gasteiger partial charge in [-0.25, -0.2) is 18.4 Å². The number of carboxylic acids is 2. The monoisotopic (exact) mass is 738 g/mol. The minimum atomic E-state index is -1.82. The van der Waals surface area contributed by atoms with Crippen LogP contribution in [-0.2, 0) is 43.5 Å². The van der Waals surface area contributed by atoms with Crippen molar-refractivity contribution in [3.63, 3.8) is 0 Å². The number of aliphatic carboxylic acids is 2. The average Bonchev–Trinajstić information content (AvgIpc) is 3.71. The first-order valence-electron chi connectivity index (χ1n) is 17.4. The van der Waals surface area contributed by atoms with Crippen LogP contribution in [-0.4, -0.2) is 73.2 Å². The van der Waals surface area contributed by atoms with Crippen molar-refractivity contribution >= 4 is 11.9 Å². The molecule has 2 aliphatic heterocycles. The van der Waals surface area contributed by atoms with Crippen LogP contribution in [0.3, 0.4) is 0 Å². The quantitative estimate of drug-likeness (QED) is 0.167. The summed E-state index contributed by atoms with van der Waals surface area (Å²) >= 11 is 0. The molecule has 0 amide bonds. The van der Waals surface area contributed by atoms with E-state index < -0.39 is 23.1 Å². The van der Waals surface area contributed by atoms with Crippen molar-refractivity contribution in [2.75, 3.05) is 41.3 Å². The van der Waals surface area contributed by atoms with Gasteiger partial charge in [0, 0.05) is 0 Å². The lowest BCUT2D eigenvalue weighted by molar-refractivity contribution is -0.159. The van der Waals surface area contributed by atoms with Crippen LogP contribution < -0.4 is 0 Å². The smallest absolute Gasteiger partial charge is 0.414 e. The van der Waals surface area contributed by atoms with Gasteiger partial charge in [0.15, 0.2) is 0 Å². The Kier molecular flexibility index (Phi) is 14.1. The Morgan fingerprint density at radius 3 is 1.30 bits per heavy atom. The fourth-order valence-corrected chi connectivity index (χ4v) is 6.82. The van der Waals surface area contributed by atoms with Crippen molar-refractivity contribution in [1.29, 1.82) is 10.5 Å². The number of halogens is 2. The van der Waals surface area contributed by atoms with Gasteiger partial charge in [-0.1, -0.05) is 36.4 Å². The number of hydrogen-bond donors (Lipinski definition) is 2. The summed E-state index contributed by atoms with van der Waals surface area (Å²) in [5, 5.41) is 33.0. The third-order valence-electron chi connectivity index (χ3n) is 9.36. The molecule has 4 aromatic carbocycles. The largest absolute Gasteiger partial charge is 0.473 e. The lowest BCUT2D eigenvalue weighted by atomic mass is 9.81. The van der Waals surface area contributed by atoms with Crippen LogP contribution in [0.5, 0.6) is 0 Å². The van der Waals surface area contributed by atoms with Gasteiger partial charge in [-0.05, 0) is 149 Å². The zero-order valence-electron chi connectivity index (χ0n) is 30.8. The van der Waals surface area contributed by atoms with Gasteiger partial charge < -0.3 is 29.5 Å². The van der Waals surface area contributed by atoms with Crippen LogP contribution >= 0.6 is 0 Å². The summed E-state index contributed by atoms with van der Waals surface area (Å²) in [5.74, 6) is -4.15. The fraction of sp³-hybridized carbons (Fsp3) is 0.333. The van der Waals surface area contributed by atoms with Gasteiger partial charge in [0.2, 0.25) is 0 Å². The van der Waals surface area contributed by atoms with E-state index in [1.165, 1.54) is 24.3 Å². The summed E-state index contributed by atoms with van der Waals surface area (Å²) in [6.07, 6.45) is 3.55. The molecule has 2 N–H and O–H groups in total. The van der Waals surface area contributed by atoms with E-state index in [4.69, 9.17) is 39.8 Å². The number of rotatable bonds is 10. The molecule has 282 valence electrons. The standard InChI is InChI=1S/2C20H21FN2O.C2H2O4/c2*1-23(2)11-3-10-20(17-5-7-18(21)8-6-17)19-9-4-15(13-22)12-16(19)14-24-20;3-1(4)2(5)6/h2*4-9,12H,3,10-11,14H2,1-2H3;(H,3,4)(H,5,6). The second-order valence-corrected chi connectivity index (χ2v) is 13.6. The second-order valence-electron chi connectivity index (χ2n) is 13.6. The number of carboxylic acid groups (broad SMARTS) is 2. The first kappa shape index (κ1) is 41.3. The molecule has 10 nitrogen and oxygen atoms in total. The number of benzene rings is 4. The topological polar surface area (TPSA) is 147 Å². The van der Waals surface area contributed by atoms with Gasteiger partial charge in [0.1, 0.15) is 22.8 Å². The maximum absolute atomic E-state index is 13.4. The molecule has 54 heavy (non-hydrogen) atoms. The maximum Gasteiger partial charge on any atom is 0.414 e. The Bertz CT molecular complexity index is 1860. The molecular weight excluding hydrogens is 694 g/mol. The molecule has 2 unspecified atom stereocenters. The lowest BCUT2D eigenvalue weighted by Gasteiger charge is -2.31. The van der Waals surface area contributed by atoms with Gasteiger partial charge in [0.25, 0.3) is 0 Å². The number of ether oxygens (including phenoxy) is 2. The van der Waals surface area contributed by atoms with Gasteiger partial charge >= 0.3 is 11.9 Å². The fourth-order valence-electron chi connectivity index (χ4n) is 6.82. The zero-order chi connectivity index (χ0) is 39.5. The molecule has 0 saturated heterocycles. The van der Waals surface area contributed by atoms with Gasteiger partial charge in [-0.3, -0.25) is 0 Å². The van der Waals surface area contributed by atoms with Crippen LogP contribution in [0.25, 0.3) is 0 Å². The molecule has 2 heterocycles. The summed E-state index contributed by atoms with van der Waals surface area (Å²) in [7, 11) is 8.20. The predicted octanol–water partition coefficient (Wildman–Crippen LogP) is 6.78. The number of carbonyl (C=O) groups is 2. The van der Waals surface area contributed by atoms with E-state index in [1.54, 1.807) is 24.3 Å². The van der Waals surface area contributed by atoms with E-state index in [9.17, 15) is 8.78 Å². The lowest BCUT2D eigenvalue weighted by Crippen LogP contribution is -2.28. The van der Waals surface area contributed by atoms with E-state index in [-0.39, 0.29) is 11.6 Å². The highest BCUT2D eigenvalue weighted by Gasteiger charge is 2.42. The van der Waals surface area contributed by atoms with Crippen LogP contribution in [0, 0.1) is 34.3 Å². The molecule has 6 rings (SSSR count). The maximum atomic E-state index is 13.4. The Hall–Kier alpha value is -5.50. The van der Waals surface area contributed by atoms with Crippen molar-refractivity contribution in [2.24, 2.45) is 0 Å². The summed E-state index contributed by atoms with van der Waals surface area (Å²) in [5.41, 5.74) is 6.35. The van der Waals surface area contributed by atoms with Crippen molar-refractivity contribution in [3.05, 3.63) is 141 Å². The van der Waals surface area contributed by atoms with Crippen molar-refractivity contribution in [3.8, 4) is 12.1 Å². The van der Waals surface area contributed by atoms with Gasteiger partial charge in [-0.2, -0.15) is 10.5 Å². The van der Waals surface area contributed by atoms with Crippen LogP contribution in [0.1, 0.15) is 70.2 Å². The molecule has 0 radical (unpaired) electrons. The Labute approximate surface area is 314 Å². The number of fused-ring (bicyclic) bond motifs is 2. The Morgan fingerprint density at radius 2 is 1.00 bits per heavy atom. The number of nitrogens with zero attached hydrogens (tertiary/aromatic N) is 4. The van der Waals surface area contributed by atoms with E-state index in [0.717, 1.165) is 72.2 Å². The van der Waals surface area contributed by atoms with Crippen LogP contribution in [0.4, 0.5) is 8.78 Å².